The molecule has 1 heterocycles. The summed E-state index contributed by atoms with van der Waals surface area (Å²) in [5, 5.41) is 14.4. The Morgan fingerprint density at radius 3 is 2.79 bits per heavy atom. The Hall–Kier alpha value is 0.100. The van der Waals surface area contributed by atoms with Crippen molar-refractivity contribution in [2.75, 3.05) is 6.61 Å². The van der Waals surface area contributed by atoms with Crippen molar-refractivity contribution in [1.29, 1.82) is 0 Å². The zero-order valence-electron chi connectivity index (χ0n) is 8.46. The average Bonchev–Trinajstić information content (AvgIpc) is 2.59. The molecule has 0 fully saturated rings. The smallest absolute Gasteiger partial charge is 0.0471 e. The number of halogens is 1. The Balaban J connectivity index is 2.37. The van der Waals surface area contributed by atoms with Crippen LogP contribution in [0.15, 0.2) is 15.9 Å². The van der Waals surface area contributed by atoms with E-state index in [0.717, 1.165) is 6.54 Å². The van der Waals surface area contributed by atoms with Gasteiger partial charge in [0, 0.05) is 28.5 Å². The Morgan fingerprint density at radius 2 is 2.29 bits per heavy atom. The molecule has 14 heavy (non-hydrogen) atoms. The van der Waals surface area contributed by atoms with Crippen molar-refractivity contribution < 1.29 is 5.11 Å². The van der Waals surface area contributed by atoms with Crippen molar-refractivity contribution in [2.45, 2.75) is 26.4 Å². The summed E-state index contributed by atoms with van der Waals surface area (Å²) in [5.74, 6) is 0.300. The number of rotatable bonds is 5. The van der Waals surface area contributed by atoms with Crippen molar-refractivity contribution >= 4 is 27.3 Å². The lowest BCUT2D eigenvalue weighted by molar-refractivity contribution is 0.207. The Kier molecular flexibility index (Phi) is 5.09. The SMILES string of the molecule is CC(CO)C(C)NCc1sccc1Br. The molecule has 0 aliphatic rings. The van der Waals surface area contributed by atoms with E-state index in [-0.39, 0.29) is 6.61 Å². The topological polar surface area (TPSA) is 32.3 Å². The molecule has 0 radical (unpaired) electrons. The summed E-state index contributed by atoms with van der Waals surface area (Å²) < 4.78 is 1.17. The Morgan fingerprint density at radius 1 is 1.57 bits per heavy atom. The standard InChI is InChI=1S/C10H16BrNOS/c1-7(6-13)8(2)12-5-10-9(11)3-4-14-10/h3-4,7-8,12-13H,5-6H2,1-2H3. The molecule has 1 rings (SSSR count). The van der Waals surface area contributed by atoms with Crippen LogP contribution in [0.4, 0.5) is 0 Å². The fourth-order valence-corrected chi connectivity index (χ4v) is 2.51. The molecule has 80 valence electrons. The van der Waals surface area contributed by atoms with Gasteiger partial charge in [0.2, 0.25) is 0 Å². The van der Waals surface area contributed by atoms with E-state index in [2.05, 4.69) is 39.6 Å². The Bertz CT molecular complexity index is 277. The first-order valence-electron chi connectivity index (χ1n) is 4.71. The van der Waals surface area contributed by atoms with Crippen molar-refractivity contribution in [3.05, 3.63) is 20.8 Å². The van der Waals surface area contributed by atoms with Gasteiger partial charge in [-0.25, -0.2) is 0 Å². The van der Waals surface area contributed by atoms with Gasteiger partial charge in [0.05, 0.1) is 0 Å². The third-order valence-electron chi connectivity index (χ3n) is 2.42. The second kappa shape index (κ2) is 5.85. The number of thiophene rings is 1. The molecule has 2 atom stereocenters. The molecule has 0 aliphatic carbocycles. The summed E-state index contributed by atoms with van der Waals surface area (Å²) in [5.41, 5.74) is 0. The summed E-state index contributed by atoms with van der Waals surface area (Å²) in [6.45, 7) is 5.24. The van der Waals surface area contributed by atoms with Crippen molar-refractivity contribution in [2.24, 2.45) is 5.92 Å². The first-order valence-corrected chi connectivity index (χ1v) is 6.38. The molecule has 0 aliphatic heterocycles. The van der Waals surface area contributed by atoms with E-state index >= 15 is 0 Å². The minimum Gasteiger partial charge on any atom is -0.396 e. The quantitative estimate of drug-likeness (QED) is 0.867. The lowest BCUT2D eigenvalue weighted by Crippen LogP contribution is -2.33. The van der Waals surface area contributed by atoms with Crippen LogP contribution in [0.2, 0.25) is 0 Å². The molecule has 2 nitrogen and oxygen atoms in total. The van der Waals surface area contributed by atoms with Gasteiger partial charge < -0.3 is 10.4 Å². The molecule has 1 aromatic heterocycles. The first kappa shape index (κ1) is 12.2. The van der Waals surface area contributed by atoms with Gasteiger partial charge in [-0.2, -0.15) is 0 Å². The Labute approximate surface area is 97.5 Å². The van der Waals surface area contributed by atoms with Crippen LogP contribution in [0, 0.1) is 5.92 Å². The van der Waals surface area contributed by atoms with Gasteiger partial charge in [-0.3, -0.25) is 0 Å². The molecule has 0 amide bonds. The number of hydrogen-bond donors (Lipinski definition) is 2. The lowest BCUT2D eigenvalue weighted by Gasteiger charge is -2.18. The zero-order chi connectivity index (χ0) is 10.6. The maximum absolute atomic E-state index is 8.97. The van der Waals surface area contributed by atoms with Gasteiger partial charge in [-0.05, 0) is 40.2 Å². The van der Waals surface area contributed by atoms with E-state index in [9.17, 15) is 0 Å². The van der Waals surface area contributed by atoms with Crippen LogP contribution < -0.4 is 5.32 Å². The van der Waals surface area contributed by atoms with E-state index in [0.29, 0.717) is 12.0 Å². The number of hydrogen-bond acceptors (Lipinski definition) is 3. The molecule has 0 saturated heterocycles. The maximum atomic E-state index is 8.97. The molecule has 0 spiro atoms. The molecule has 2 N–H and O–H groups in total. The van der Waals surface area contributed by atoms with E-state index in [4.69, 9.17) is 5.11 Å². The molecule has 0 aromatic carbocycles. The van der Waals surface area contributed by atoms with Crippen LogP contribution in [0.1, 0.15) is 18.7 Å². The highest BCUT2D eigenvalue weighted by Gasteiger charge is 2.11. The van der Waals surface area contributed by atoms with Gasteiger partial charge in [-0.1, -0.05) is 6.92 Å². The van der Waals surface area contributed by atoms with E-state index in [1.807, 2.05) is 6.92 Å². The van der Waals surface area contributed by atoms with Gasteiger partial charge in [0.1, 0.15) is 0 Å². The first-order chi connectivity index (χ1) is 6.65. The summed E-state index contributed by atoms with van der Waals surface area (Å²) >= 11 is 5.23. The fourth-order valence-electron chi connectivity index (χ4n) is 1.06. The predicted octanol–water partition coefficient (Wildman–Crippen LogP) is 2.62. The van der Waals surface area contributed by atoms with Gasteiger partial charge in [-0.15, -0.1) is 11.3 Å². The van der Waals surface area contributed by atoms with Crippen molar-refractivity contribution in [3.8, 4) is 0 Å². The molecule has 0 saturated carbocycles. The highest BCUT2D eigenvalue weighted by atomic mass is 79.9. The maximum Gasteiger partial charge on any atom is 0.0471 e. The molecule has 0 bridgehead atoms. The van der Waals surface area contributed by atoms with Gasteiger partial charge >= 0.3 is 0 Å². The van der Waals surface area contributed by atoms with Gasteiger partial charge in [0.15, 0.2) is 0 Å². The summed E-state index contributed by atoms with van der Waals surface area (Å²) in [7, 11) is 0. The predicted molar refractivity (Wildman–Crippen MR) is 64.6 cm³/mol. The molecular formula is C10H16BrNOS. The van der Waals surface area contributed by atoms with Crippen LogP contribution in [0.25, 0.3) is 0 Å². The van der Waals surface area contributed by atoms with E-state index in [1.54, 1.807) is 11.3 Å². The van der Waals surface area contributed by atoms with E-state index in [1.165, 1.54) is 9.35 Å². The largest absolute Gasteiger partial charge is 0.396 e. The van der Waals surface area contributed by atoms with Crippen molar-refractivity contribution in [3.63, 3.8) is 0 Å². The summed E-state index contributed by atoms with van der Waals surface area (Å²) in [6, 6.07) is 2.40. The molecule has 4 heteroatoms. The van der Waals surface area contributed by atoms with Gasteiger partial charge in [0.25, 0.3) is 0 Å². The van der Waals surface area contributed by atoms with E-state index < -0.39 is 0 Å². The second-order valence-corrected chi connectivity index (χ2v) is 5.38. The highest BCUT2D eigenvalue weighted by molar-refractivity contribution is 9.10. The van der Waals surface area contributed by atoms with Crippen molar-refractivity contribution in [1.82, 2.24) is 5.32 Å². The second-order valence-electron chi connectivity index (χ2n) is 3.52. The molecular weight excluding hydrogens is 262 g/mol. The zero-order valence-corrected chi connectivity index (χ0v) is 10.9. The minimum atomic E-state index is 0.236. The molecule has 1 aromatic rings. The number of aliphatic hydroxyl groups excluding tert-OH is 1. The lowest BCUT2D eigenvalue weighted by atomic mass is 10.1. The normalized spacial score (nSPS) is 15.4. The average molecular weight is 278 g/mol. The summed E-state index contributed by atoms with van der Waals surface area (Å²) in [4.78, 5) is 1.31. The monoisotopic (exact) mass is 277 g/mol. The summed E-state index contributed by atoms with van der Waals surface area (Å²) in [6.07, 6.45) is 0. The highest BCUT2D eigenvalue weighted by Crippen LogP contribution is 2.22. The number of aliphatic hydroxyl groups is 1. The fraction of sp³-hybridized carbons (Fsp3) is 0.600. The van der Waals surface area contributed by atoms with Crippen LogP contribution in [0.5, 0.6) is 0 Å². The number of nitrogens with one attached hydrogen (secondary N) is 1. The van der Waals surface area contributed by atoms with Crippen LogP contribution in [-0.4, -0.2) is 17.8 Å². The van der Waals surface area contributed by atoms with Crippen LogP contribution >= 0.6 is 27.3 Å². The third kappa shape index (κ3) is 3.35. The third-order valence-corrected chi connectivity index (χ3v) is 4.34. The van der Waals surface area contributed by atoms with Crippen LogP contribution in [-0.2, 0) is 6.54 Å². The van der Waals surface area contributed by atoms with Crippen LogP contribution in [0.3, 0.4) is 0 Å². The molecule has 2 unspecified atom stereocenters. The minimum absolute atomic E-state index is 0.236.